The van der Waals surface area contributed by atoms with Crippen molar-refractivity contribution in [1.29, 1.82) is 0 Å². The summed E-state index contributed by atoms with van der Waals surface area (Å²) in [6.07, 6.45) is -0.244. The van der Waals surface area contributed by atoms with E-state index in [0.29, 0.717) is 5.56 Å². The molecule has 0 bridgehead atoms. The fourth-order valence-electron chi connectivity index (χ4n) is 0.960. The molecule has 0 atom stereocenters. The second kappa shape index (κ2) is 15.7. The van der Waals surface area contributed by atoms with Crippen LogP contribution in [-0.4, -0.2) is 5.92 Å². The lowest BCUT2D eigenvalue weighted by atomic mass is 10.1. The summed E-state index contributed by atoms with van der Waals surface area (Å²) in [5.74, 6) is 1.61. The molecule has 116 valence electrons. The van der Waals surface area contributed by atoms with Gasteiger partial charge in [-0.2, -0.15) is 8.78 Å². The quantitative estimate of drug-likeness (QED) is 0.518. The van der Waals surface area contributed by atoms with Crippen molar-refractivity contribution in [2.75, 3.05) is 0 Å². The standard InChI is InChI=1S/C12H12F2.3C2H6/c1-3-12(13,14)9-8-11-7-5-4-6-10(11)2;3*1-2/h4-7H,3H2,1-2H3;3*1-2H3. The second-order valence-corrected chi connectivity index (χ2v) is 3.12. The van der Waals surface area contributed by atoms with Crippen molar-refractivity contribution in [1.82, 2.24) is 0 Å². The largest absolute Gasteiger partial charge is 0.308 e. The number of hydrogen-bond acceptors (Lipinski definition) is 0. The normalized spacial score (nSPS) is 8.30. The van der Waals surface area contributed by atoms with Gasteiger partial charge in [0.2, 0.25) is 0 Å². The SMILES string of the molecule is CC.CC.CC.CCC(F)(F)C#Cc1ccccc1C. The average Bonchev–Trinajstić information content (AvgIpc) is 2.52. The predicted octanol–water partition coefficient (Wildman–Crippen LogP) is 6.47. The summed E-state index contributed by atoms with van der Waals surface area (Å²) >= 11 is 0. The summed E-state index contributed by atoms with van der Waals surface area (Å²) < 4.78 is 25.6. The van der Waals surface area contributed by atoms with Gasteiger partial charge < -0.3 is 0 Å². The van der Waals surface area contributed by atoms with Crippen LogP contribution in [0.15, 0.2) is 24.3 Å². The van der Waals surface area contributed by atoms with Gasteiger partial charge in [-0.15, -0.1) is 0 Å². The summed E-state index contributed by atoms with van der Waals surface area (Å²) in [7, 11) is 0. The Bertz CT molecular complexity index is 370. The van der Waals surface area contributed by atoms with Crippen LogP contribution < -0.4 is 0 Å². The molecule has 0 N–H and O–H groups in total. The Morgan fingerprint density at radius 2 is 1.40 bits per heavy atom. The Hall–Kier alpha value is -1.36. The van der Waals surface area contributed by atoms with Crippen molar-refractivity contribution in [3.63, 3.8) is 0 Å². The van der Waals surface area contributed by atoms with Gasteiger partial charge in [0, 0.05) is 12.0 Å². The third kappa shape index (κ3) is 11.7. The highest BCUT2D eigenvalue weighted by Crippen LogP contribution is 2.16. The van der Waals surface area contributed by atoms with Gasteiger partial charge in [-0.25, -0.2) is 0 Å². The molecule has 0 aliphatic carbocycles. The van der Waals surface area contributed by atoms with Crippen LogP contribution in [0.25, 0.3) is 0 Å². The topological polar surface area (TPSA) is 0 Å². The van der Waals surface area contributed by atoms with E-state index >= 15 is 0 Å². The number of rotatable bonds is 1. The molecule has 0 amide bonds. The molecule has 1 aromatic carbocycles. The van der Waals surface area contributed by atoms with Crippen LogP contribution in [0.2, 0.25) is 0 Å². The molecule has 0 fully saturated rings. The third-order valence-corrected chi connectivity index (χ3v) is 1.97. The second-order valence-electron chi connectivity index (χ2n) is 3.12. The van der Waals surface area contributed by atoms with Crippen molar-refractivity contribution in [3.05, 3.63) is 35.4 Å². The first-order valence-corrected chi connectivity index (χ1v) is 7.52. The van der Waals surface area contributed by atoms with E-state index in [2.05, 4.69) is 5.92 Å². The number of halogens is 2. The minimum atomic E-state index is -2.87. The molecular formula is C18H30F2. The zero-order valence-electron chi connectivity index (χ0n) is 14.3. The van der Waals surface area contributed by atoms with E-state index in [4.69, 9.17) is 0 Å². The maximum Gasteiger partial charge on any atom is 0.308 e. The van der Waals surface area contributed by atoms with Crippen molar-refractivity contribution in [2.45, 2.75) is 67.7 Å². The molecule has 2 heteroatoms. The molecule has 20 heavy (non-hydrogen) atoms. The first-order chi connectivity index (χ1) is 9.55. The zero-order chi connectivity index (χ0) is 16.6. The van der Waals surface area contributed by atoms with Crippen LogP contribution in [-0.2, 0) is 0 Å². The van der Waals surface area contributed by atoms with Gasteiger partial charge in [0.25, 0.3) is 0 Å². The smallest absolute Gasteiger partial charge is 0.192 e. The molecule has 1 aromatic rings. The fraction of sp³-hybridized carbons (Fsp3) is 0.556. The Labute approximate surface area is 124 Å². The Balaban J connectivity index is -0.000000425. The van der Waals surface area contributed by atoms with Crippen LogP contribution >= 0.6 is 0 Å². The Morgan fingerprint density at radius 3 is 1.80 bits per heavy atom. The van der Waals surface area contributed by atoms with Crippen molar-refractivity contribution >= 4 is 0 Å². The van der Waals surface area contributed by atoms with Gasteiger partial charge in [0.15, 0.2) is 0 Å². The lowest BCUT2D eigenvalue weighted by Gasteiger charge is -2.03. The summed E-state index contributed by atoms with van der Waals surface area (Å²) in [6.45, 7) is 15.3. The van der Waals surface area contributed by atoms with Crippen LogP contribution in [0.1, 0.15) is 66.0 Å². The molecular weight excluding hydrogens is 254 g/mol. The molecule has 0 heterocycles. The van der Waals surface area contributed by atoms with Crippen LogP contribution in [0, 0.1) is 18.8 Å². The van der Waals surface area contributed by atoms with Crippen LogP contribution in [0.4, 0.5) is 8.78 Å². The van der Waals surface area contributed by atoms with Crippen LogP contribution in [0.5, 0.6) is 0 Å². The highest BCUT2D eigenvalue weighted by atomic mass is 19.3. The summed E-state index contributed by atoms with van der Waals surface area (Å²) in [5, 5.41) is 0. The molecule has 0 saturated heterocycles. The van der Waals surface area contributed by atoms with Gasteiger partial charge in [-0.05, 0) is 24.5 Å². The van der Waals surface area contributed by atoms with E-state index in [1.165, 1.54) is 6.92 Å². The van der Waals surface area contributed by atoms with E-state index in [9.17, 15) is 8.78 Å². The third-order valence-electron chi connectivity index (χ3n) is 1.97. The molecule has 0 spiro atoms. The molecule has 0 unspecified atom stereocenters. The van der Waals surface area contributed by atoms with Gasteiger partial charge >= 0.3 is 5.92 Å². The van der Waals surface area contributed by atoms with E-state index < -0.39 is 5.92 Å². The zero-order valence-corrected chi connectivity index (χ0v) is 14.3. The maximum absolute atomic E-state index is 12.8. The van der Waals surface area contributed by atoms with Gasteiger partial charge in [0.05, 0.1) is 0 Å². The van der Waals surface area contributed by atoms with Crippen molar-refractivity contribution < 1.29 is 8.78 Å². The first-order valence-electron chi connectivity index (χ1n) is 7.52. The Kier molecular flexibility index (Phi) is 18.6. The molecule has 0 nitrogen and oxygen atoms in total. The molecule has 0 saturated carbocycles. The maximum atomic E-state index is 12.8. The van der Waals surface area contributed by atoms with E-state index in [1.54, 1.807) is 12.1 Å². The predicted molar refractivity (Wildman–Crippen MR) is 87.3 cm³/mol. The highest BCUT2D eigenvalue weighted by Gasteiger charge is 2.21. The molecule has 0 aliphatic heterocycles. The van der Waals surface area contributed by atoms with Crippen molar-refractivity contribution in [2.24, 2.45) is 0 Å². The fourth-order valence-corrected chi connectivity index (χ4v) is 0.960. The lowest BCUT2D eigenvalue weighted by Crippen LogP contribution is -2.09. The minimum absolute atomic E-state index is 0.244. The number of aryl methyl sites for hydroxylation is 1. The molecule has 0 radical (unpaired) electrons. The van der Waals surface area contributed by atoms with E-state index in [0.717, 1.165) is 5.56 Å². The number of hydrogen-bond donors (Lipinski definition) is 0. The summed E-state index contributed by atoms with van der Waals surface area (Å²) in [5.41, 5.74) is 1.59. The number of benzene rings is 1. The average molecular weight is 284 g/mol. The lowest BCUT2D eigenvalue weighted by molar-refractivity contribution is 0.0623. The van der Waals surface area contributed by atoms with Crippen molar-refractivity contribution in [3.8, 4) is 11.8 Å². The minimum Gasteiger partial charge on any atom is -0.192 e. The van der Waals surface area contributed by atoms with Gasteiger partial charge in [-0.1, -0.05) is 72.6 Å². The van der Waals surface area contributed by atoms with E-state index in [-0.39, 0.29) is 6.42 Å². The van der Waals surface area contributed by atoms with Gasteiger partial charge in [0.1, 0.15) is 0 Å². The number of alkyl halides is 2. The van der Waals surface area contributed by atoms with Crippen LogP contribution in [0.3, 0.4) is 0 Å². The highest BCUT2D eigenvalue weighted by molar-refractivity contribution is 5.41. The first kappa shape index (κ1) is 23.7. The summed E-state index contributed by atoms with van der Waals surface area (Å²) in [6, 6.07) is 7.25. The van der Waals surface area contributed by atoms with Gasteiger partial charge in [-0.3, -0.25) is 0 Å². The molecule has 0 aromatic heterocycles. The molecule has 1 rings (SSSR count). The summed E-state index contributed by atoms with van der Waals surface area (Å²) in [4.78, 5) is 0. The van der Waals surface area contributed by atoms with E-state index in [1.807, 2.05) is 66.5 Å². The molecule has 0 aliphatic rings. The Morgan fingerprint density at radius 1 is 0.950 bits per heavy atom. The monoisotopic (exact) mass is 284 g/mol.